The molecular formula is C16H14ClN3O2S2. The van der Waals surface area contributed by atoms with Crippen LogP contribution in [-0.4, -0.2) is 16.0 Å². The summed E-state index contributed by atoms with van der Waals surface area (Å²) in [7, 11) is 0. The van der Waals surface area contributed by atoms with Gasteiger partial charge in [-0.05, 0) is 24.3 Å². The van der Waals surface area contributed by atoms with E-state index in [1.165, 1.54) is 23.1 Å². The number of aromatic nitrogens is 2. The van der Waals surface area contributed by atoms with E-state index in [-0.39, 0.29) is 5.91 Å². The lowest BCUT2D eigenvalue weighted by atomic mass is 10.2. The van der Waals surface area contributed by atoms with Gasteiger partial charge >= 0.3 is 0 Å². The van der Waals surface area contributed by atoms with Gasteiger partial charge in [0, 0.05) is 16.7 Å². The van der Waals surface area contributed by atoms with Crippen molar-refractivity contribution in [3.05, 3.63) is 62.9 Å². The minimum atomic E-state index is -0.119. The highest BCUT2D eigenvalue weighted by Gasteiger charge is 2.13. The van der Waals surface area contributed by atoms with Gasteiger partial charge in [0.25, 0.3) is 5.91 Å². The number of nitrogens with one attached hydrogen (secondary N) is 1. The second-order valence-corrected chi connectivity index (χ2v) is 7.72. The van der Waals surface area contributed by atoms with E-state index in [0.29, 0.717) is 33.9 Å². The molecule has 0 aliphatic heterocycles. The summed E-state index contributed by atoms with van der Waals surface area (Å²) in [6.45, 7) is 2.21. The van der Waals surface area contributed by atoms with Crippen LogP contribution in [0, 0.1) is 6.92 Å². The van der Waals surface area contributed by atoms with Crippen LogP contribution in [-0.2, 0) is 12.3 Å². The van der Waals surface area contributed by atoms with Crippen LogP contribution in [0.25, 0.3) is 0 Å². The van der Waals surface area contributed by atoms with Gasteiger partial charge < -0.3 is 9.84 Å². The van der Waals surface area contributed by atoms with Gasteiger partial charge in [-0.15, -0.1) is 23.1 Å². The van der Waals surface area contributed by atoms with Crippen LogP contribution >= 0.6 is 34.7 Å². The highest BCUT2D eigenvalue weighted by molar-refractivity contribution is 7.98. The molecule has 1 N–H and O–H groups in total. The van der Waals surface area contributed by atoms with Crippen molar-refractivity contribution in [2.45, 2.75) is 24.1 Å². The maximum atomic E-state index is 12.5. The number of benzene rings is 1. The largest absolute Gasteiger partial charge is 0.347 e. The maximum absolute atomic E-state index is 12.5. The Bertz CT molecular complexity index is 847. The molecule has 0 atom stereocenters. The Balaban J connectivity index is 1.65. The molecule has 24 heavy (non-hydrogen) atoms. The van der Waals surface area contributed by atoms with Crippen molar-refractivity contribution in [2.24, 2.45) is 0 Å². The molecule has 0 aliphatic carbocycles. The van der Waals surface area contributed by atoms with Crippen molar-refractivity contribution in [3.8, 4) is 0 Å². The monoisotopic (exact) mass is 379 g/mol. The molecule has 0 aliphatic rings. The van der Waals surface area contributed by atoms with Crippen LogP contribution in [0.1, 0.15) is 27.0 Å². The molecule has 5 nitrogen and oxygen atoms in total. The van der Waals surface area contributed by atoms with E-state index in [0.717, 1.165) is 9.77 Å². The summed E-state index contributed by atoms with van der Waals surface area (Å²) in [5.74, 6) is 1.57. The van der Waals surface area contributed by atoms with E-state index >= 15 is 0 Å². The minimum absolute atomic E-state index is 0.119. The number of aryl methyl sites for hydroxylation is 1. The van der Waals surface area contributed by atoms with Gasteiger partial charge in [-0.3, -0.25) is 4.79 Å². The number of amides is 1. The first-order valence-corrected chi connectivity index (χ1v) is 9.33. The molecule has 1 aromatic carbocycles. The van der Waals surface area contributed by atoms with Crippen molar-refractivity contribution in [2.75, 3.05) is 0 Å². The van der Waals surface area contributed by atoms with E-state index in [1.54, 1.807) is 13.0 Å². The molecule has 0 bridgehead atoms. The topological polar surface area (TPSA) is 68.0 Å². The molecule has 3 aromatic rings. The lowest BCUT2D eigenvalue weighted by Gasteiger charge is -2.08. The summed E-state index contributed by atoms with van der Waals surface area (Å²) in [6, 6.07) is 11.2. The predicted octanol–water partition coefficient (Wildman–Crippen LogP) is 4.32. The Morgan fingerprint density at radius 1 is 1.33 bits per heavy atom. The summed E-state index contributed by atoms with van der Waals surface area (Å²) in [6.07, 6.45) is 0. The van der Waals surface area contributed by atoms with Crippen molar-refractivity contribution in [1.29, 1.82) is 0 Å². The fraction of sp³-hybridized carbons (Fsp3) is 0.188. The molecule has 8 heteroatoms. The number of thioether (sulfide) groups is 1. The number of thiophene rings is 1. The van der Waals surface area contributed by atoms with Crippen LogP contribution in [0.4, 0.5) is 0 Å². The Hall–Kier alpha value is -1.83. The van der Waals surface area contributed by atoms with Gasteiger partial charge in [-0.1, -0.05) is 28.9 Å². The number of hydrogen-bond acceptors (Lipinski definition) is 6. The standard InChI is InChI=1S/C16H14ClN3O2S2/c1-10-19-15(20-22-10)9-23-13-5-3-2-4-12(13)16(21)18-8-11-6-7-14(17)24-11/h2-7H,8-9H2,1H3,(H,18,21). The molecule has 0 radical (unpaired) electrons. The normalized spacial score (nSPS) is 10.8. The van der Waals surface area contributed by atoms with E-state index in [2.05, 4.69) is 15.5 Å². The zero-order chi connectivity index (χ0) is 16.9. The molecule has 2 heterocycles. The third-order valence-electron chi connectivity index (χ3n) is 3.11. The molecule has 0 unspecified atom stereocenters. The van der Waals surface area contributed by atoms with Crippen molar-refractivity contribution >= 4 is 40.6 Å². The highest BCUT2D eigenvalue weighted by atomic mass is 35.5. The third kappa shape index (κ3) is 4.37. The Morgan fingerprint density at radius 3 is 2.88 bits per heavy atom. The summed E-state index contributed by atoms with van der Waals surface area (Å²) in [5.41, 5.74) is 0.630. The molecule has 0 saturated heterocycles. The first-order valence-electron chi connectivity index (χ1n) is 7.15. The second-order valence-electron chi connectivity index (χ2n) is 4.90. The SMILES string of the molecule is Cc1nc(CSc2ccccc2C(=O)NCc2ccc(Cl)s2)no1. The van der Waals surface area contributed by atoms with Gasteiger partial charge in [-0.2, -0.15) is 4.98 Å². The molecule has 1 amide bonds. The van der Waals surface area contributed by atoms with Gasteiger partial charge in [0.15, 0.2) is 5.82 Å². The van der Waals surface area contributed by atoms with Crippen molar-refractivity contribution in [1.82, 2.24) is 15.5 Å². The average molecular weight is 380 g/mol. The van der Waals surface area contributed by atoms with Gasteiger partial charge in [0.2, 0.25) is 5.89 Å². The number of rotatable bonds is 6. The first kappa shape index (κ1) is 17.0. The predicted molar refractivity (Wildman–Crippen MR) is 95.5 cm³/mol. The summed E-state index contributed by atoms with van der Waals surface area (Å²) in [4.78, 5) is 18.5. The van der Waals surface area contributed by atoms with E-state index in [4.69, 9.17) is 16.1 Å². The Kier molecular flexibility index (Phi) is 5.55. The molecule has 0 fully saturated rings. The third-order valence-corrected chi connectivity index (χ3v) is 5.41. The zero-order valence-electron chi connectivity index (χ0n) is 12.8. The fourth-order valence-electron chi connectivity index (χ4n) is 2.03. The molecular weight excluding hydrogens is 366 g/mol. The summed E-state index contributed by atoms with van der Waals surface area (Å²) in [5, 5.41) is 6.79. The molecule has 0 spiro atoms. The van der Waals surface area contributed by atoms with Crippen molar-refractivity contribution < 1.29 is 9.32 Å². The van der Waals surface area contributed by atoms with Crippen LogP contribution in [0.5, 0.6) is 0 Å². The lowest BCUT2D eigenvalue weighted by Crippen LogP contribution is -2.22. The van der Waals surface area contributed by atoms with Gasteiger partial charge in [0.05, 0.1) is 22.2 Å². The smallest absolute Gasteiger partial charge is 0.252 e. The summed E-state index contributed by atoms with van der Waals surface area (Å²) < 4.78 is 5.67. The fourth-order valence-corrected chi connectivity index (χ4v) is 3.95. The van der Waals surface area contributed by atoms with E-state index in [1.807, 2.05) is 30.3 Å². The van der Waals surface area contributed by atoms with Crippen LogP contribution in [0.15, 0.2) is 45.8 Å². The van der Waals surface area contributed by atoms with Crippen LogP contribution < -0.4 is 5.32 Å². The maximum Gasteiger partial charge on any atom is 0.252 e. The van der Waals surface area contributed by atoms with Gasteiger partial charge in [-0.25, -0.2) is 0 Å². The van der Waals surface area contributed by atoms with E-state index < -0.39 is 0 Å². The molecule has 124 valence electrons. The van der Waals surface area contributed by atoms with Crippen LogP contribution in [0.2, 0.25) is 4.34 Å². The quantitative estimate of drug-likeness (QED) is 0.646. The molecule has 2 aromatic heterocycles. The highest BCUT2D eigenvalue weighted by Crippen LogP contribution is 2.26. The minimum Gasteiger partial charge on any atom is -0.347 e. The Morgan fingerprint density at radius 2 is 2.17 bits per heavy atom. The number of nitrogens with zero attached hydrogens (tertiary/aromatic N) is 2. The number of carbonyl (C=O) groups is 1. The average Bonchev–Trinajstić information content (AvgIpc) is 3.19. The second kappa shape index (κ2) is 7.83. The number of hydrogen-bond donors (Lipinski definition) is 1. The first-order chi connectivity index (χ1) is 11.6. The number of halogens is 1. The molecule has 3 rings (SSSR count). The van der Waals surface area contributed by atoms with Crippen molar-refractivity contribution in [3.63, 3.8) is 0 Å². The molecule has 0 saturated carbocycles. The van der Waals surface area contributed by atoms with Crippen LogP contribution in [0.3, 0.4) is 0 Å². The zero-order valence-corrected chi connectivity index (χ0v) is 15.2. The Labute approximate surface area is 152 Å². The summed E-state index contributed by atoms with van der Waals surface area (Å²) >= 11 is 8.86. The van der Waals surface area contributed by atoms with E-state index in [9.17, 15) is 4.79 Å². The lowest BCUT2D eigenvalue weighted by molar-refractivity contribution is 0.0948. The van der Waals surface area contributed by atoms with Gasteiger partial charge in [0.1, 0.15) is 0 Å². The number of carbonyl (C=O) groups excluding carboxylic acids is 1.